The predicted molar refractivity (Wildman–Crippen MR) is 366 cm³/mol. The van der Waals surface area contributed by atoms with Gasteiger partial charge in [-0.1, -0.05) is 411 Å². The monoisotopic (exact) mass is 1170 g/mol. The van der Waals surface area contributed by atoms with Gasteiger partial charge in [-0.15, -0.1) is 0 Å². The van der Waals surface area contributed by atoms with Crippen molar-refractivity contribution in [2.45, 2.75) is 456 Å². The maximum Gasteiger partial charge on any atom is 0.305 e. The summed E-state index contributed by atoms with van der Waals surface area (Å²) in [6.07, 6.45) is 92.2. The molecule has 0 spiro atoms. The molecule has 3 N–H and O–H groups in total. The van der Waals surface area contributed by atoms with E-state index in [0.717, 1.165) is 38.5 Å². The first kappa shape index (κ1) is 81.6. The molecule has 0 radical (unpaired) electrons. The normalized spacial score (nSPS) is 12.5. The highest BCUT2D eigenvalue weighted by atomic mass is 16.5. The average molecular weight is 1170 g/mol. The van der Waals surface area contributed by atoms with Crippen molar-refractivity contribution >= 4 is 11.9 Å². The third-order valence-corrected chi connectivity index (χ3v) is 18.3. The number of esters is 1. The molecule has 494 valence electrons. The summed E-state index contributed by atoms with van der Waals surface area (Å²) in [6, 6.07) is -0.620. The fourth-order valence-electron chi connectivity index (χ4n) is 12.5. The number of amides is 1. The molecule has 2 atom stereocenters. The molecule has 0 saturated heterocycles. The Morgan fingerprint density at radius 1 is 0.325 bits per heavy atom. The lowest BCUT2D eigenvalue weighted by Gasteiger charge is -2.20. The van der Waals surface area contributed by atoms with Crippen molar-refractivity contribution in [3.8, 4) is 0 Å². The van der Waals surface area contributed by atoms with Crippen LogP contribution in [0.3, 0.4) is 0 Å². The number of aliphatic hydroxyl groups excluding tert-OH is 2. The number of nitrogens with one attached hydrogen (secondary N) is 1. The number of carbonyl (C=O) groups is 2. The van der Waals surface area contributed by atoms with E-state index in [9.17, 15) is 19.8 Å². The molecule has 0 aromatic rings. The van der Waals surface area contributed by atoms with Crippen molar-refractivity contribution in [2.24, 2.45) is 0 Å². The number of ether oxygens (including phenoxy) is 1. The Labute approximate surface area is 520 Å². The van der Waals surface area contributed by atoms with Gasteiger partial charge in [0.2, 0.25) is 5.91 Å². The Morgan fingerprint density at radius 3 is 0.819 bits per heavy atom. The summed E-state index contributed by atoms with van der Waals surface area (Å²) >= 11 is 0. The van der Waals surface area contributed by atoms with Gasteiger partial charge in [-0.05, 0) is 32.1 Å². The first-order valence-electron chi connectivity index (χ1n) is 38.5. The van der Waals surface area contributed by atoms with E-state index >= 15 is 0 Å². The molecule has 0 aliphatic carbocycles. The van der Waals surface area contributed by atoms with Gasteiger partial charge >= 0.3 is 5.97 Å². The van der Waals surface area contributed by atoms with E-state index in [-0.39, 0.29) is 18.5 Å². The summed E-state index contributed by atoms with van der Waals surface area (Å²) in [6.45, 7) is 4.92. The van der Waals surface area contributed by atoms with Gasteiger partial charge in [-0.3, -0.25) is 9.59 Å². The molecular formula is C77H151NO5. The number of allylic oxidation sites excluding steroid dienone is 1. The van der Waals surface area contributed by atoms with Crippen molar-refractivity contribution in [2.75, 3.05) is 13.2 Å². The minimum absolute atomic E-state index is 0.0293. The molecule has 0 saturated carbocycles. The minimum atomic E-state index is -0.837. The van der Waals surface area contributed by atoms with Crippen LogP contribution in [0.2, 0.25) is 0 Å². The van der Waals surface area contributed by atoms with E-state index in [2.05, 4.69) is 19.2 Å². The van der Waals surface area contributed by atoms with Crippen molar-refractivity contribution in [1.29, 1.82) is 0 Å². The molecular weight excluding hydrogens is 1020 g/mol. The Morgan fingerprint density at radius 2 is 0.554 bits per heavy atom. The van der Waals surface area contributed by atoms with Crippen LogP contribution in [0, 0.1) is 0 Å². The van der Waals surface area contributed by atoms with Crippen LogP contribution >= 0.6 is 0 Å². The summed E-state index contributed by atoms with van der Waals surface area (Å²) in [5, 5.41) is 23.0. The standard InChI is InChI=1S/C77H151NO5/c1-3-5-7-9-11-13-14-15-16-17-42-45-48-51-55-59-63-67-71-77(82)83-72-68-64-60-56-52-49-46-43-40-38-36-34-32-30-28-26-24-22-20-18-19-21-23-25-27-29-31-33-35-37-39-41-44-47-50-54-58-62-66-70-76(81)78-74(73-79)75(80)69-65-61-57-53-12-10-8-6-4-2/h65,69,74-75,79-80H,3-64,66-68,70-73H2,1-2H3,(H,78,81)/b69-65+. The van der Waals surface area contributed by atoms with Crippen LogP contribution in [-0.2, 0) is 14.3 Å². The number of unbranched alkanes of at least 4 members (excludes halogenated alkanes) is 62. The van der Waals surface area contributed by atoms with Crippen molar-refractivity contribution in [3.05, 3.63) is 12.2 Å². The van der Waals surface area contributed by atoms with E-state index in [1.54, 1.807) is 6.08 Å². The first-order valence-corrected chi connectivity index (χ1v) is 38.5. The number of rotatable bonds is 73. The molecule has 1 amide bonds. The van der Waals surface area contributed by atoms with Gasteiger partial charge < -0.3 is 20.3 Å². The summed E-state index contributed by atoms with van der Waals surface area (Å²) in [7, 11) is 0. The molecule has 0 bridgehead atoms. The second-order valence-corrected chi connectivity index (χ2v) is 26.7. The average Bonchev–Trinajstić information content (AvgIpc) is 3.50. The fraction of sp³-hybridized carbons (Fsp3) is 0.948. The lowest BCUT2D eigenvalue weighted by Crippen LogP contribution is -2.45. The summed E-state index contributed by atoms with van der Waals surface area (Å²) < 4.78 is 5.52. The van der Waals surface area contributed by atoms with Crippen LogP contribution in [0.25, 0.3) is 0 Å². The van der Waals surface area contributed by atoms with Gasteiger partial charge in [-0.25, -0.2) is 0 Å². The highest BCUT2D eigenvalue weighted by molar-refractivity contribution is 5.76. The Hall–Kier alpha value is -1.40. The Bertz CT molecular complexity index is 1260. The van der Waals surface area contributed by atoms with E-state index in [4.69, 9.17) is 4.74 Å². The van der Waals surface area contributed by atoms with Crippen LogP contribution in [0.5, 0.6) is 0 Å². The van der Waals surface area contributed by atoms with Gasteiger partial charge in [-0.2, -0.15) is 0 Å². The van der Waals surface area contributed by atoms with Crippen molar-refractivity contribution < 1.29 is 24.5 Å². The van der Waals surface area contributed by atoms with Gasteiger partial charge in [0.05, 0.1) is 25.4 Å². The topological polar surface area (TPSA) is 95.9 Å². The highest BCUT2D eigenvalue weighted by Crippen LogP contribution is 2.20. The molecule has 0 aromatic carbocycles. The third kappa shape index (κ3) is 69.6. The molecule has 0 rings (SSSR count). The zero-order chi connectivity index (χ0) is 59.9. The van der Waals surface area contributed by atoms with E-state index in [0.29, 0.717) is 19.4 Å². The predicted octanol–water partition coefficient (Wildman–Crippen LogP) is 25.1. The number of aliphatic hydroxyl groups is 2. The number of carbonyl (C=O) groups excluding carboxylic acids is 2. The molecule has 0 aliphatic heterocycles. The van der Waals surface area contributed by atoms with Crippen LogP contribution in [0.1, 0.15) is 444 Å². The van der Waals surface area contributed by atoms with Crippen molar-refractivity contribution in [1.82, 2.24) is 5.32 Å². The molecule has 0 aliphatic rings. The highest BCUT2D eigenvalue weighted by Gasteiger charge is 2.18. The SMILES string of the molecule is CCCCCCCCC/C=C/C(O)C(CO)NC(=O)CCCCCCCCCCCCCCCCCCCCCCCCCCCCCCCCCCCCCCCCCOC(=O)CCCCCCCCCCCCCCCCCCCC. The number of hydrogen-bond acceptors (Lipinski definition) is 5. The van der Waals surface area contributed by atoms with Crippen LogP contribution < -0.4 is 5.32 Å². The fourth-order valence-corrected chi connectivity index (χ4v) is 12.5. The lowest BCUT2D eigenvalue weighted by atomic mass is 10.0. The van der Waals surface area contributed by atoms with E-state index in [1.165, 1.54) is 379 Å². The van der Waals surface area contributed by atoms with E-state index in [1.807, 2.05) is 6.08 Å². The zero-order valence-electron chi connectivity index (χ0n) is 56.7. The molecule has 83 heavy (non-hydrogen) atoms. The molecule has 2 unspecified atom stereocenters. The van der Waals surface area contributed by atoms with Crippen LogP contribution in [0.4, 0.5) is 0 Å². The second kappa shape index (κ2) is 73.1. The first-order chi connectivity index (χ1) is 41.0. The van der Waals surface area contributed by atoms with Gasteiger partial charge in [0.25, 0.3) is 0 Å². The van der Waals surface area contributed by atoms with Crippen LogP contribution in [-0.4, -0.2) is 47.4 Å². The largest absolute Gasteiger partial charge is 0.466 e. The smallest absolute Gasteiger partial charge is 0.305 e. The molecule has 0 fully saturated rings. The molecule has 0 aromatic heterocycles. The molecule has 0 heterocycles. The lowest BCUT2D eigenvalue weighted by molar-refractivity contribution is -0.143. The van der Waals surface area contributed by atoms with Gasteiger partial charge in [0.15, 0.2) is 0 Å². The Balaban J connectivity index is 3.25. The van der Waals surface area contributed by atoms with Crippen molar-refractivity contribution in [3.63, 3.8) is 0 Å². The molecule has 6 heteroatoms. The summed E-state index contributed by atoms with van der Waals surface area (Å²) in [4.78, 5) is 24.5. The molecule has 6 nitrogen and oxygen atoms in total. The summed E-state index contributed by atoms with van der Waals surface area (Å²) in [5.41, 5.74) is 0. The minimum Gasteiger partial charge on any atom is -0.466 e. The third-order valence-electron chi connectivity index (χ3n) is 18.3. The quantitative estimate of drug-likeness (QED) is 0.0320. The van der Waals surface area contributed by atoms with Gasteiger partial charge in [0, 0.05) is 12.8 Å². The Kier molecular flexibility index (Phi) is 71.8. The number of hydrogen-bond donors (Lipinski definition) is 3. The second-order valence-electron chi connectivity index (χ2n) is 26.7. The maximum atomic E-state index is 12.4. The zero-order valence-corrected chi connectivity index (χ0v) is 56.7. The van der Waals surface area contributed by atoms with E-state index < -0.39 is 12.1 Å². The summed E-state index contributed by atoms with van der Waals surface area (Å²) in [5.74, 6) is -0.0331. The maximum absolute atomic E-state index is 12.4. The van der Waals surface area contributed by atoms with Gasteiger partial charge in [0.1, 0.15) is 0 Å². The van der Waals surface area contributed by atoms with Crippen LogP contribution in [0.15, 0.2) is 12.2 Å².